The van der Waals surface area contributed by atoms with E-state index in [1.54, 1.807) is 12.3 Å². The quantitative estimate of drug-likeness (QED) is 0.814. The number of aryl methyl sites for hydroxylation is 1. The molecule has 1 heterocycles. The molecule has 0 aliphatic rings. The maximum Gasteiger partial charge on any atom is 0.251 e. The van der Waals surface area contributed by atoms with Gasteiger partial charge in [0.05, 0.1) is 6.26 Å². The number of rotatable bonds is 7. The summed E-state index contributed by atoms with van der Waals surface area (Å²) in [6, 6.07) is 6.80. The molecule has 25 heavy (non-hydrogen) atoms. The minimum absolute atomic E-state index is 0.0895. The first-order valence-electron chi connectivity index (χ1n) is 7.77. The summed E-state index contributed by atoms with van der Waals surface area (Å²) in [5.74, 6) is -0.527. The molecule has 6 nitrogen and oxygen atoms in total. The molecule has 1 aromatic heterocycles. The molecule has 136 valence electrons. The fourth-order valence-electron chi connectivity index (χ4n) is 2.23. The Hall–Kier alpha value is -2.19. The van der Waals surface area contributed by atoms with E-state index in [1.165, 1.54) is 20.2 Å². The smallest absolute Gasteiger partial charge is 0.251 e. The van der Waals surface area contributed by atoms with Crippen LogP contribution in [0.1, 0.15) is 29.5 Å². The lowest BCUT2D eigenvalue weighted by Crippen LogP contribution is -2.33. The number of nitrogens with zero attached hydrogens (tertiary/aromatic N) is 1. The van der Waals surface area contributed by atoms with Crippen molar-refractivity contribution in [2.75, 3.05) is 14.1 Å². The molecule has 2 aromatic rings. The molecule has 0 saturated carbocycles. The van der Waals surface area contributed by atoms with Crippen LogP contribution in [0.4, 0.5) is 4.39 Å². The fourth-order valence-corrected chi connectivity index (χ4v) is 3.22. The predicted molar refractivity (Wildman–Crippen MR) is 91.2 cm³/mol. The van der Waals surface area contributed by atoms with Crippen LogP contribution in [0.25, 0.3) is 0 Å². The van der Waals surface area contributed by atoms with Crippen molar-refractivity contribution in [3.05, 3.63) is 53.7 Å². The molecule has 1 N–H and O–H groups in total. The van der Waals surface area contributed by atoms with Gasteiger partial charge in [0, 0.05) is 32.1 Å². The first-order valence-corrected chi connectivity index (χ1v) is 9.21. The lowest BCUT2D eigenvalue weighted by Gasteiger charge is -2.15. The van der Waals surface area contributed by atoms with Crippen molar-refractivity contribution in [3.63, 3.8) is 0 Å². The first kappa shape index (κ1) is 19.1. The summed E-state index contributed by atoms with van der Waals surface area (Å²) in [5, 5.41) is 2.77. The summed E-state index contributed by atoms with van der Waals surface area (Å²) in [4.78, 5) is 11.8. The second-order valence-electron chi connectivity index (χ2n) is 5.93. The molecule has 1 aromatic carbocycles. The third-order valence-electron chi connectivity index (χ3n) is 3.73. The molecule has 0 bridgehead atoms. The van der Waals surface area contributed by atoms with Gasteiger partial charge in [-0.15, -0.1) is 0 Å². The largest absolute Gasteiger partial charge is 0.469 e. The minimum Gasteiger partial charge on any atom is -0.469 e. The highest BCUT2D eigenvalue weighted by Crippen LogP contribution is 2.19. The number of carbonyl (C=O) groups excluding carboxylic acids is 1. The molecule has 1 amide bonds. The lowest BCUT2D eigenvalue weighted by molar-refractivity contribution is 0.0938. The van der Waals surface area contributed by atoms with Crippen molar-refractivity contribution in [3.8, 4) is 0 Å². The van der Waals surface area contributed by atoms with Crippen LogP contribution in [0, 0.1) is 5.82 Å². The van der Waals surface area contributed by atoms with E-state index in [4.69, 9.17) is 4.42 Å². The van der Waals surface area contributed by atoms with Crippen LogP contribution >= 0.6 is 0 Å². The summed E-state index contributed by atoms with van der Waals surface area (Å²) >= 11 is 0. The molecule has 0 aliphatic carbocycles. The van der Waals surface area contributed by atoms with Crippen LogP contribution < -0.4 is 5.32 Å². The second kappa shape index (κ2) is 7.79. The zero-order chi connectivity index (χ0) is 18.6. The van der Waals surface area contributed by atoms with Gasteiger partial charge >= 0.3 is 0 Å². The monoisotopic (exact) mass is 368 g/mol. The normalized spacial score (nSPS) is 13.0. The molecular formula is C17H21FN2O4S. The average Bonchev–Trinajstić information content (AvgIpc) is 3.06. The Morgan fingerprint density at radius 3 is 2.64 bits per heavy atom. The number of sulfonamides is 1. The molecule has 0 fully saturated rings. The number of hydrogen-bond acceptors (Lipinski definition) is 4. The minimum atomic E-state index is -3.97. The van der Waals surface area contributed by atoms with Crippen molar-refractivity contribution in [2.45, 2.75) is 30.7 Å². The van der Waals surface area contributed by atoms with Crippen LogP contribution in [0.3, 0.4) is 0 Å². The van der Waals surface area contributed by atoms with E-state index in [-0.39, 0.29) is 11.6 Å². The Bertz CT molecular complexity index is 832. The van der Waals surface area contributed by atoms with Gasteiger partial charge in [-0.2, -0.15) is 0 Å². The van der Waals surface area contributed by atoms with Gasteiger partial charge in [0.2, 0.25) is 10.0 Å². The Labute approximate surface area is 146 Å². The molecule has 0 spiro atoms. The van der Waals surface area contributed by atoms with E-state index in [1.807, 2.05) is 13.0 Å². The lowest BCUT2D eigenvalue weighted by atomic mass is 10.1. The molecule has 1 atom stereocenters. The second-order valence-corrected chi connectivity index (χ2v) is 8.05. The highest BCUT2D eigenvalue weighted by Gasteiger charge is 2.23. The number of carbonyl (C=O) groups is 1. The Morgan fingerprint density at radius 1 is 1.32 bits per heavy atom. The van der Waals surface area contributed by atoms with Gasteiger partial charge < -0.3 is 9.73 Å². The Morgan fingerprint density at radius 2 is 2.04 bits per heavy atom. The van der Waals surface area contributed by atoms with E-state index < -0.39 is 26.6 Å². The van der Waals surface area contributed by atoms with Crippen LogP contribution in [-0.4, -0.2) is 38.8 Å². The molecule has 0 aliphatic heterocycles. The summed E-state index contributed by atoms with van der Waals surface area (Å²) < 4.78 is 44.3. The predicted octanol–water partition coefficient (Wildman–Crippen LogP) is 2.42. The van der Waals surface area contributed by atoms with Gasteiger partial charge in [-0.1, -0.05) is 0 Å². The first-order chi connectivity index (χ1) is 11.7. The summed E-state index contributed by atoms with van der Waals surface area (Å²) in [6.07, 6.45) is 2.91. The van der Waals surface area contributed by atoms with Gasteiger partial charge in [0.15, 0.2) is 0 Å². The number of benzene rings is 1. The maximum absolute atomic E-state index is 13.9. The summed E-state index contributed by atoms with van der Waals surface area (Å²) in [5.41, 5.74) is 0.0895. The molecule has 1 unspecified atom stereocenters. The van der Waals surface area contributed by atoms with E-state index >= 15 is 0 Å². The van der Waals surface area contributed by atoms with Crippen LogP contribution in [0.5, 0.6) is 0 Å². The van der Waals surface area contributed by atoms with Gasteiger partial charge in [0.1, 0.15) is 16.5 Å². The van der Waals surface area contributed by atoms with Gasteiger partial charge in [-0.05, 0) is 43.7 Å². The molecule has 0 radical (unpaired) electrons. The van der Waals surface area contributed by atoms with Gasteiger partial charge in [-0.25, -0.2) is 17.1 Å². The third-order valence-corrected chi connectivity index (χ3v) is 5.56. The molecule has 0 saturated heterocycles. The molecule has 8 heteroatoms. The number of hydrogen-bond donors (Lipinski definition) is 1. The van der Waals surface area contributed by atoms with Crippen molar-refractivity contribution >= 4 is 15.9 Å². The van der Waals surface area contributed by atoms with E-state index in [0.29, 0.717) is 12.8 Å². The fraction of sp³-hybridized carbons (Fsp3) is 0.353. The molecular weight excluding hydrogens is 347 g/mol. The van der Waals surface area contributed by atoms with Crippen molar-refractivity contribution in [1.82, 2.24) is 9.62 Å². The van der Waals surface area contributed by atoms with E-state index in [0.717, 1.165) is 22.2 Å². The maximum atomic E-state index is 13.9. The Kier molecular flexibility index (Phi) is 5.97. The zero-order valence-corrected chi connectivity index (χ0v) is 15.1. The summed E-state index contributed by atoms with van der Waals surface area (Å²) in [7, 11) is -1.36. The zero-order valence-electron chi connectivity index (χ0n) is 14.3. The number of nitrogens with one attached hydrogen (secondary N) is 1. The van der Waals surface area contributed by atoms with Crippen molar-refractivity contribution in [1.29, 1.82) is 0 Å². The SMILES string of the molecule is CC(CCc1ccco1)NC(=O)c1ccc(F)c(S(=O)(=O)N(C)C)c1. The number of amides is 1. The topological polar surface area (TPSA) is 79.6 Å². The van der Waals surface area contributed by atoms with Gasteiger partial charge in [0.25, 0.3) is 5.91 Å². The van der Waals surface area contributed by atoms with Crippen LogP contribution in [-0.2, 0) is 16.4 Å². The van der Waals surface area contributed by atoms with E-state index in [2.05, 4.69) is 5.32 Å². The van der Waals surface area contributed by atoms with Gasteiger partial charge in [-0.3, -0.25) is 4.79 Å². The van der Waals surface area contributed by atoms with E-state index in [9.17, 15) is 17.6 Å². The number of furan rings is 1. The Balaban J connectivity index is 2.09. The van der Waals surface area contributed by atoms with Crippen molar-refractivity contribution in [2.24, 2.45) is 0 Å². The summed E-state index contributed by atoms with van der Waals surface area (Å²) in [6.45, 7) is 1.84. The average molecular weight is 368 g/mol. The highest BCUT2D eigenvalue weighted by atomic mass is 32.2. The van der Waals surface area contributed by atoms with Crippen LogP contribution in [0.15, 0.2) is 45.9 Å². The number of halogens is 1. The highest BCUT2D eigenvalue weighted by molar-refractivity contribution is 7.89. The standard InChI is InChI=1S/C17H21FN2O4S/c1-12(6-8-14-5-4-10-24-14)19-17(21)13-7-9-15(18)16(11-13)25(22,23)20(2)3/h4-5,7,9-12H,6,8H2,1-3H3,(H,19,21). The third kappa shape index (κ3) is 4.67. The molecule has 2 rings (SSSR count). The van der Waals surface area contributed by atoms with Crippen molar-refractivity contribution < 1.29 is 22.0 Å². The van der Waals surface area contributed by atoms with Crippen LogP contribution in [0.2, 0.25) is 0 Å².